The quantitative estimate of drug-likeness (QED) is 0.611. The smallest absolute Gasteiger partial charge is 0.371 e. The summed E-state index contributed by atoms with van der Waals surface area (Å²) in [5, 5.41) is 0. The van der Waals surface area contributed by atoms with Gasteiger partial charge in [0.1, 0.15) is 0 Å². The van der Waals surface area contributed by atoms with Crippen molar-refractivity contribution in [3.05, 3.63) is 0 Å². The number of methoxy groups -OCH3 is 1. The van der Waals surface area contributed by atoms with E-state index in [-0.39, 0.29) is 0 Å². The van der Waals surface area contributed by atoms with Crippen molar-refractivity contribution in [1.82, 2.24) is 0 Å². The first-order valence-corrected chi connectivity index (χ1v) is 2.32. The van der Waals surface area contributed by atoms with Crippen molar-refractivity contribution in [2.45, 2.75) is 12.3 Å². The van der Waals surface area contributed by atoms with Crippen LogP contribution in [0.1, 0.15) is 0 Å². The molecule has 0 rings (SSSR count). The molecule has 0 aromatic heterocycles. The lowest BCUT2D eigenvalue weighted by Gasteiger charge is -2.15. The number of nitrogens with two attached hydrogens (primary N) is 1. The first-order chi connectivity index (χ1) is 4.02. The Morgan fingerprint density at radius 3 is 2.00 bits per heavy atom. The van der Waals surface area contributed by atoms with Crippen molar-refractivity contribution in [2.75, 3.05) is 13.7 Å². The van der Waals surface area contributed by atoms with Gasteiger partial charge in [-0.2, -0.15) is 13.2 Å². The Balaban J connectivity index is 3.79. The first kappa shape index (κ1) is 8.71. The highest BCUT2D eigenvalue weighted by molar-refractivity contribution is 4.66. The van der Waals surface area contributed by atoms with Crippen LogP contribution in [0.3, 0.4) is 0 Å². The Hall–Kier alpha value is -0.290. The number of halogens is 3. The zero-order valence-electron chi connectivity index (χ0n) is 4.90. The number of alkyl halides is 3. The maximum absolute atomic E-state index is 11.5. The summed E-state index contributed by atoms with van der Waals surface area (Å²) in [5.74, 6) is 0. The molecule has 0 bridgehead atoms. The molecule has 0 aliphatic heterocycles. The van der Waals surface area contributed by atoms with Crippen LogP contribution >= 0.6 is 0 Å². The molecule has 0 saturated heterocycles. The average molecular weight is 143 g/mol. The fraction of sp³-hybridized carbons (Fsp3) is 1.00. The van der Waals surface area contributed by atoms with Crippen LogP contribution in [-0.2, 0) is 4.74 Å². The van der Waals surface area contributed by atoms with Gasteiger partial charge in [0.15, 0.2) is 6.10 Å². The number of ether oxygens (including phenoxy) is 1. The molecule has 0 saturated carbocycles. The van der Waals surface area contributed by atoms with Crippen LogP contribution in [0.5, 0.6) is 0 Å². The molecule has 0 spiro atoms. The van der Waals surface area contributed by atoms with Crippen molar-refractivity contribution in [3.8, 4) is 0 Å². The molecule has 0 radical (unpaired) electrons. The minimum atomic E-state index is -4.33. The molecule has 0 heterocycles. The zero-order chi connectivity index (χ0) is 7.49. The Morgan fingerprint density at radius 2 is 2.00 bits per heavy atom. The first-order valence-electron chi connectivity index (χ1n) is 2.32. The van der Waals surface area contributed by atoms with Crippen molar-refractivity contribution < 1.29 is 17.9 Å². The second-order valence-corrected chi connectivity index (χ2v) is 1.50. The van der Waals surface area contributed by atoms with Crippen molar-refractivity contribution in [1.29, 1.82) is 0 Å². The molecule has 0 amide bonds. The van der Waals surface area contributed by atoms with E-state index in [9.17, 15) is 13.2 Å². The van der Waals surface area contributed by atoms with Crippen molar-refractivity contribution in [3.63, 3.8) is 0 Å². The SMILES string of the molecule is COC(CN)C(F)(F)F. The maximum atomic E-state index is 11.5. The third kappa shape index (κ3) is 2.67. The fourth-order valence-electron chi connectivity index (χ4n) is 0.363. The standard InChI is InChI=1S/C4H8F3NO/c1-9-3(2-8)4(5,6)7/h3H,2,8H2,1H3. The molecule has 0 aromatic carbocycles. The molecule has 9 heavy (non-hydrogen) atoms. The van der Waals surface area contributed by atoms with Gasteiger partial charge in [-0.25, -0.2) is 0 Å². The van der Waals surface area contributed by atoms with E-state index in [1.54, 1.807) is 0 Å². The van der Waals surface area contributed by atoms with E-state index >= 15 is 0 Å². The van der Waals surface area contributed by atoms with Crippen LogP contribution in [0.15, 0.2) is 0 Å². The molecule has 0 fully saturated rings. The molecular formula is C4H8F3NO. The van der Waals surface area contributed by atoms with Gasteiger partial charge in [-0.3, -0.25) is 0 Å². The molecule has 0 aliphatic rings. The molecule has 56 valence electrons. The summed E-state index contributed by atoms with van der Waals surface area (Å²) >= 11 is 0. The number of hydrogen-bond donors (Lipinski definition) is 1. The van der Waals surface area contributed by atoms with E-state index in [0.29, 0.717) is 0 Å². The van der Waals surface area contributed by atoms with Gasteiger partial charge >= 0.3 is 6.18 Å². The predicted molar refractivity (Wildman–Crippen MR) is 25.9 cm³/mol. The topological polar surface area (TPSA) is 35.2 Å². The lowest BCUT2D eigenvalue weighted by molar-refractivity contribution is -0.208. The molecule has 2 nitrogen and oxygen atoms in total. The number of rotatable bonds is 2. The van der Waals surface area contributed by atoms with Gasteiger partial charge in [0, 0.05) is 13.7 Å². The monoisotopic (exact) mass is 143 g/mol. The molecule has 1 atom stereocenters. The van der Waals surface area contributed by atoms with Gasteiger partial charge in [-0.1, -0.05) is 0 Å². The largest absolute Gasteiger partial charge is 0.415 e. The Morgan fingerprint density at radius 1 is 1.56 bits per heavy atom. The van der Waals surface area contributed by atoms with E-state index in [2.05, 4.69) is 4.74 Å². The molecular weight excluding hydrogens is 135 g/mol. The second-order valence-electron chi connectivity index (χ2n) is 1.50. The zero-order valence-corrected chi connectivity index (χ0v) is 4.90. The van der Waals surface area contributed by atoms with Crippen LogP contribution in [0.4, 0.5) is 13.2 Å². The van der Waals surface area contributed by atoms with Gasteiger partial charge in [0.05, 0.1) is 0 Å². The molecule has 5 heteroatoms. The average Bonchev–Trinajstić information content (AvgIpc) is 1.65. The summed E-state index contributed by atoms with van der Waals surface area (Å²) in [6.45, 7) is -0.528. The minimum absolute atomic E-state index is 0.528. The predicted octanol–water partition coefficient (Wildman–Crippen LogP) is 0.522. The van der Waals surface area contributed by atoms with Crippen LogP contribution in [-0.4, -0.2) is 25.9 Å². The van der Waals surface area contributed by atoms with Gasteiger partial charge in [-0.05, 0) is 0 Å². The van der Waals surface area contributed by atoms with Gasteiger partial charge < -0.3 is 10.5 Å². The highest BCUT2D eigenvalue weighted by Gasteiger charge is 2.38. The van der Waals surface area contributed by atoms with Crippen LogP contribution in [0.2, 0.25) is 0 Å². The van der Waals surface area contributed by atoms with E-state index in [0.717, 1.165) is 7.11 Å². The van der Waals surface area contributed by atoms with E-state index in [4.69, 9.17) is 5.73 Å². The Kier molecular flexibility index (Phi) is 2.93. The van der Waals surface area contributed by atoms with E-state index in [1.807, 2.05) is 0 Å². The maximum Gasteiger partial charge on any atom is 0.415 e. The normalized spacial score (nSPS) is 15.7. The molecule has 2 N–H and O–H groups in total. The number of hydrogen-bond acceptors (Lipinski definition) is 2. The fourth-order valence-corrected chi connectivity index (χ4v) is 0.363. The van der Waals surface area contributed by atoms with E-state index < -0.39 is 18.8 Å². The summed E-state index contributed by atoms with van der Waals surface area (Å²) in [5.41, 5.74) is 4.72. The van der Waals surface area contributed by atoms with Gasteiger partial charge in [0.2, 0.25) is 0 Å². The third-order valence-corrected chi connectivity index (χ3v) is 0.864. The summed E-state index contributed by atoms with van der Waals surface area (Å²) < 4.78 is 38.6. The molecule has 0 aliphatic carbocycles. The summed E-state index contributed by atoms with van der Waals surface area (Å²) in [4.78, 5) is 0. The summed E-state index contributed by atoms with van der Waals surface area (Å²) in [7, 11) is 0.977. The Labute approximate surface area is 50.8 Å². The van der Waals surface area contributed by atoms with E-state index in [1.165, 1.54) is 0 Å². The van der Waals surface area contributed by atoms with Crippen LogP contribution < -0.4 is 5.73 Å². The lowest BCUT2D eigenvalue weighted by Crippen LogP contribution is -2.37. The van der Waals surface area contributed by atoms with Crippen molar-refractivity contribution >= 4 is 0 Å². The Bertz CT molecular complexity index is 78.4. The third-order valence-electron chi connectivity index (χ3n) is 0.864. The van der Waals surface area contributed by atoms with Gasteiger partial charge in [-0.15, -0.1) is 0 Å². The summed E-state index contributed by atoms with van der Waals surface area (Å²) in [6, 6.07) is 0. The lowest BCUT2D eigenvalue weighted by atomic mass is 10.3. The highest BCUT2D eigenvalue weighted by Crippen LogP contribution is 2.20. The molecule has 1 unspecified atom stereocenters. The second kappa shape index (κ2) is 3.03. The van der Waals surface area contributed by atoms with Gasteiger partial charge in [0.25, 0.3) is 0 Å². The molecule has 0 aromatic rings. The van der Waals surface area contributed by atoms with Crippen LogP contribution in [0, 0.1) is 0 Å². The minimum Gasteiger partial charge on any atom is -0.371 e. The summed E-state index contributed by atoms with van der Waals surface area (Å²) in [6.07, 6.45) is -6.15. The highest BCUT2D eigenvalue weighted by atomic mass is 19.4. The van der Waals surface area contributed by atoms with Crippen LogP contribution in [0.25, 0.3) is 0 Å². The van der Waals surface area contributed by atoms with Crippen molar-refractivity contribution in [2.24, 2.45) is 5.73 Å².